The van der Waals surface area contributed by atoms with E-state index in [4.69, 9.17) is 0 Å². The molecule has 0 bridgehead atoms. The maximum absolute atomic E-state index is 10.9. The maximum Gasteiger partial charge on any atom is 0.221 e. The Morgan fingerprint density at radius 1 is 1.35 bits per heavy atom. The van der Waals surface area contributed by atoms with Crippen molar-refractivity contribution in [2.24, 2.45) is 0 Å². The molecule has 0 unspecified atom stereocenters. The van der Waals surface area contributed by atoms with E-state index in [1.807, 2.05) is 24.3 Å². The molecule has 0 aliphatic heterocycles. The molecule has 1 aromatic carbocycles. The topological polar surface area (TPSA) is 61.4 Å². The Morgan fingerprint density at radius 3 is 2.76 bits per heavy atom. The van der Waals surface area contributed by atoms with E-state index in [9.17, 15) is 9.90 Å². The fourth-order valence-corrected chi connectivity index (χ4v) is 2.21. The molecule has 2 rings (SSSR count). The second kappa shape index (κ2) is 5.19. The van der Waals surface area contributed by atoms with Crippen molar-refractivity contribution in [3.63, 3.8) is 0 Å². The van der Waals surface area contributed by atoms with Crippen LogP contribution in [0, 0.1) is 0 Å². The summed E-state index contributed by atoms with van der Waals surface area (Å²) in [5.41, 5.74) is 1.71. The third-order valence-electron chi connectivity index (χ3n) is 3.01. The highest BCUT2D eigenvalue weighted by molar-refractivity contribution is 5.89. The van der Waals surface area contributed by atoms with Crippen LogP contribution in [-0.4, -0.2) is 23.2 Å². The summed E-state index contributed by atoms with van der Waals surface area (Å²) < 4.78 is 0. The predicted octanol–water partition coefficient (Wildman–Crippen LogP) is 1.97. The number of amides is 1. The number of anilines is 2. The monoisotopic (exact) mass is 234 g/mol. The van der Waals surface area contributed by atoms with Crippen molar-refractivity contribution in [1.29, 1.82) is 0 Å². The van der Waals surface area contributed by atoms with Crippen LogP contribution in [0.3, 0.4) is 0 Å². The summed E-state index contributed by atoms with van der Waals surface area (Å²) in [6, 6.07) is 7.68. The molecule has 1 saturated carbocycles. The maximum atomic E-state index is 10.9. The summed E-state index contributed by atoms with van der Waals surface area (Å²) in [4.78, 5) is 10.9. The quantitative estimate of drug-likeness (QED) is 0.749. The van der Waals surface area contributed by atoms with Crippen LogP contribution >= 0.6 is 0 Å². The number of aliphatic hydroxyl groups is 1. The largest absolute Gasteiger partial charge is 0.391 e. The molecular formula is C13H18N2O2. The first-order valence-electron chi connectivity index (χ1n) is 5.97. The predicted molar refractivity (Wildman–Crippen MR) is 68.0 cm³/mol. The Morgan fingerprint density at radius 2 is 2.12 bits per heavy atom. The van der Waals surface area contributed by atoms with E-state index in [0.717, 1.165) is 30.6 Å². The first-order chi connectivity index (χ1) is 8.15. The van der Waals surface area contributed by atoms with Crippen LogP contribution in [0.15, 0.2) is 24.3 Å². The van der Waals surface area contributed by atoms with Gasteiger partial charge in [-0.3, -0.25) is 4.79 Å². The fraction of sp³-hybridized carbons (Fsp3) is 0.462. The van der Waals surface area contributed by atoms with Crippen molar-refractivity contribution in [2.75, 3.05) is 10.6 Å². The number of carbonyl (C=O) groups is 1. The molecule has 1 aliphatic rings. The van der Waals surface area contributed by atoms with Gasteiger partial charge in [0.1, 0.15) is 0 Å². The van der Waals surface area contributed by atoms with Crippen molar-refractivity contribution in [2.45, 2.75) is 38.3 Å². The van der Waals surface area contributed by atoms with Gasteiger partial charge in [0.05, 0.1) is 12.1 Å². The van der Waals surface area contributed by atoms with Crippen LogP contribution in [0.1, 0.15) is 26.2 Å². The summed E-state index contributed by atoms with van der Waals surface area (Å²) in [5, 5.41) is 15.8. The number of carbonyl (C=O) groups excluding carboxylic acids is 1. The van der Waals surface area contributed by atoms with E-state index < -0.39 is 0 Å². The van der Waals surface area contributed by atoms with Crippen LogP contribution in [0.4, 0.5) is 11.4 Å². The number of aliphatic hydroxyl groups excluding tert-OH is 1. The van der Waals surface area contributed by atoms with E-state index >= 15 is 0 Å². The average molecular weight is 234 g/mol. The minimum atomic E-state index is -0.264. The normalized spacial score (nSPS) is 23.4. The highest BCUT2D eigenvalue weighted by atomic mass is 16.3. The van der Waals surface area contributed by atoms with Crippen molar-refractivity contribution in [3.8, 4) is 0 Å². The molecule has 1 aromatic rings. The van der Waals surface area contributed by atoms with Crippen molar-refractivity contribution in [1.82, 2.24) is 0 Å². The van der Waals surface area contributed by atoms with E-state index in [0.29, 0.717) is 0 Å². The van der Waals surface area contributed by atoms with Gasteiger partial charge in [-0.15, -0.1) is 0 Å². The number of benzene rings is 1. The van der Waals surface area contributed by atoms with Crippen LogP contribution < -0.4 is 10.6 Å². The van der Waals surface area contributed by atoms with Gasteiger partial charge in [0, 0.05) is 18.3 Å². The third-order valence-corrected chi connectivity index (χ3v) is 3.01. The molecule has 3 N–H and O–H groups in total. The van der Waals surface area contributed by atoms with Crippen molar-refractivity contribution in [3.05, 3.63) is 24.3 Å². The van der Waals surface area contributed by atoms with Crippen molar-refractivity contribution < 1.29 is 9.90 Å². The summed E-state index contributed by atoms with van der Waals surface area (Å²) in [6.45, 7) is 1.49. The molecule has 0 spiro atoms. The second-order valence-electron chi connectivity index (χ2n) is 4.51. The highest BCUT2D eigenvalue weighted by Gasteiger charge is 2.24. The number of rotatable bonds is 3. The van der Waals surface area contributed by atoms with Crippen LogP contribution in [0.5, 0.6) is 0 Å². The summed E-state index contributed by atoms with van der Waals surface area (Å²) in [7, 11) is 0. The standard InChI is InChI=1S/C13H18N2O2/c1-9(16)14-10-4-2-5-11(8-10)15-12-6-3-7-13(12)17/h2,4-5,8,12-13,15,17H,3,6-7H2,1H3,(H,14,16)/t12-,13-/m1/s1. The van der Waals surface area contributed by atoms with Crippen molar-refractivity contribution >= 4 is 17.3 Å². The zero-order valence-corrected chi connectivity index (χ0v) is 9.94. The number of hydrogen-bond acceptors (Lipinski definition) is 3. The fourth-order valence-electron chi connectivity index (χ4n) is 2.21. The van der Waals surface area contributed by atoms with E-state index in [1.54, 1.807) is 0 Å². The zero-order valence-electron chi connectivity index (χ0n) is 9.94. The summed E-state index contributed by atoms with van der Waals surface area (Å²) in [6.07, 6.45) is 2.65. The average Bonchev–Trinajstić information content (AvgIpc) is 2.64. The Labute approximate surface area is 101 Å². The smallest absolute Gasteiger partial charge is 0.221 e. The lowest BCUT2D eigenvalue weighted by Gasteiger charge is -2.18. The Balaban J connectivity index is 2.03. The van der Waals surface area contributed by atoms with Gasteiger partial charge in [-0.1, -0.05) is 6.07 Å². The molecule has 2 atom stereocenters. The first-order valence-corrected chi connectivity index (χ1v) is 5.97. The molecule has 1 fully saturated rings. The molecule has 0 radical (unpaired) electrons. The third kappa shape index (κ3) is 3.20. The van der Waals surface area contributed by atoms with Crippen LogP contribution in [0.25, 0.3) is 0 Å². The Hall–Kier alpha value is -1.55. The van der Waals surface area contributed by atoms with E-state index in [2.05, 4.69) is 10.6 Å². The SMILES string of the molecule is CC(=O)Nc1cccc(N[C@@H]2CCC[C@H]2O)c1. The van der Waals surface area contributed by atoms with Gasteiger partial charge in [0.15, 0.2) is 0 Å². The Bertz CT molecular complexity index is 406. The summed E-state index contributed by atoms with van der Waals surface area (Å²) in [5.74, 6) is -0.0805. The summed E-state index contributed by atoms with van der Waals surface area (Å²) >= 11 is 0. The van der Waals surface area contributed by atoms with Crippen LogP contribution in [-0.2, 0) is 4.79 Å². The highest BCUT2D eigenvalue weighted by Crippen LogP contribution is 2.24. The lowest BCUT2D eigenvalue weighted by molar-refractivity contribution is -0.114. The van der Waals surface area contributed by atoms with Gasteiger partial charge in [-0.05, 0) is 37.5 Å². The lowest BCUT2D eigenvalue weighted by atomic mass is 10.2. The minimum Gasteiger partial charge on any atom is -0.391 e. The Kier molecular flexibility index (Phi) is 3.64. The van der Waals surface area contributed by atoms with Gasteiger partial charge in [0.2, 0.25) is 5.91 Å². The molecular weight excluding hydrogens is 216 g/mol. The second-order valence-corrected chi connectivity index (χ2v) is 4.51. The molecule has 92 valence electrons. The number of nitrogens with one attached hydrogen (secondary N) is 2. The van der Waals surface area contributed by atoms with Gasteiger partial charge >= 0.3 is 0 Å². The van der Waals surface area contributed by atoms with Gasteiger partial charge in [-0.25, -0.2) is 0 Å². The molecule has 0 aromatic heterocycles. The number of hydrogen-bond donors (Lipinski definition) is 3. The zero-order chi connectivity index (χ0) is 12.3. The molecule has 17 heavy (non-hydrogen) atoms. The molecule has 1 aliphatic carbocycles. The molecule has 0 saturated heterocycles. The minimum absolute atomic E-state index is 0.0805. The molecule has 0 heterocycles. The lowest BCUT2D eigenvalue weighted by Crippen LogP contribution is -2.27. The van der Waals surface area contributed by atoms with Gasteiger partial charge in [-0.2, -0.15) is 0 Å². The van der Waals surface area contributed by atoms with Gasteiger partial charge in [0.25, 0.3) is 0 Å². The van der Waals surface area contributed by atoms with E-state index in [-0.39, 0.29) is 18.1 Å². The van der Waals surface area contributed by atoms with Gasteiger partial charge < -0.3 is 15.7 Å². The van der Waals surface area contributed by atoms with Crippen LogP contribution in [0.2, 0.25) is 0 Å². The van der Waals surface area contributed by atoms with E-state index in [1.165, 1.54) is 6.92 Å². The first kappa shape index (κ1) is 11.9. The molecule has 1 amide bonds. The molecule has 4 heteroatoms. The molecule has 4 nitrogen and oxygen atoms in total.